The maximum absolute atomic E-state index is 12.1. The molecule has 3 N–H and O–H groups in total. The second kappa shape index (κ2) is 7.29. The lowest BCUT2D eigenvalue weighted by Gasteiger charge is -2.39. The number of carbonyl (C=O) groups is 1. The summed E-state index contributed by atoms with van der Waals surface area (Å²) >= 11 is 1.87. The van der Waals surface area contributed by atoms with Crippen LogP contribution in [0.4, 0.5) is 5.69 Å². The minimum absolute atomic E-state index is 0.0602. The van der Waals surface area contributed by atoms with Crippen molar-refractivity contribution in [1.82, 2.24) is 4.90 Å². The van der Waals surface area contributed by atoms with Crippen molar-refractivity contribution in [3.63, 3.8) is 0 Å². The van der Waals surface area contributed by atoms with Crippen molar-refractivity contribution in [2.24, 2.45) is 5.73 Å². The fourth-order valence-corrected chi connectivity index (χ4v) is 3.49. The SMILES string of the molecule is CSC1(CN)CCN(CC(=O)Nc2cccc(C)c2)CC1. The van der Waals surface area contributed by atoms with Gasteiger partial charge in [-0.25, -0.2) is 0 Å². The van der Waals surface area contributed by atoms with Crippen LogP contribution in [0.5, 0.6) is 0 Å². The van der Waals surface area contributed by atoms with E-state index >= 15 is 0 Å². The van der Waals surface area contributed by atoms with Gasteiger partial charge in [-0.2, -0.15) is 11.8 Å². The van der Waals surface area contributed by atoms with Crippen molar-refractivity contribution in [1.29, 1.82) is 0 Å². The van der Waals surface area contributed by atoms with Crippen LogP contribution in [0.3, 0.4) is 0 Å². The smallest absolute Gasteiger partial charge is 0.238 e. The van der Waals surface area contributed by atoms with Crippen LogP contribution < -0.4 is 11.1 Å². The summed E-state index contributed by atoms with van der Waals surface area (Å²) in [5, 5.41) is 2.97. The van der Waals surface area contributed by atoms with E-state index in [4.69, 9.17) is 5.73 Å². The zero-order chi connectivity index (χ0) is 15.3. The summed E-state index contributed by atoms with van der Waals surface area (Å²) in [5.74, 6) is 0.0602. The Kier molecular flexibility index (Phi) is 5.67. The summed E-state index contributed by atoms with van der Waals surface area (Å²) in [7, 11) is 0. The fraction of sp³-hybridized carbons (Fsp3) is 0.562. The van der Waals surface area contributed by atoms with Crippen molar-refractivity contribution in [3.05, 3.63) is 29.8 Å². The molecule has 21 heavy (non-hydrogen) atoms. The van der Waals surface area contributed by atoms with Gasteiger partial charge in [-0.1, -0.05) is 12.1 Å². The number of benzene rings is 1. The van der Waals surface area contributed by atoms with Gasteiger partial charge in [0.15, 0.2) is 0 Å². The molecule has 1 fully saturated rings. The Morgan fingerprint density at radius 3 is 2.71 bits per heavy atom. The third-order valence-electron chi connectivity index (χ3n) is 4.24. The number of aryl methyl sites for hydroxylation is 1. The van der Waals surface area contributed by atoms with Crippen LogP contribution in [0.15, 0.2) is 24.3 Å². The molecule has 0 aliphatic carbocycles. The highest BCUT2D eigenvalue weighted by atomic mass is 32.2. The predicted octanol–water partition coefficient (Wildman–Crippen LogP) is 2.09. The van der Waals surface area contributed by atoms with Gasteiger partial charge in [-0.3, -0.25) is 9.69 Å². The van der Waals surface area contributed by atoms with E-state index in [2.05, 4.69) is 16.5 Å². The molecule has 0 aromatic heterocycles. The first kappa shape index (κ1) is 16.3. The largest absolute Gasteiger partial charge is 0.329 e. The molecule has 116 valence electrons. The van der Waals surface area contributed by atoms with Gasteiger partial charge in [0.2, 0.25) is 5.91 Å². The molecule has 1 amide bonds. The van der Waals surface area contributed by atoms with Crippen LogP contribution in [-0.4, -0.2) is 48.0 Å². The molecule has 4 nitrogen and oxygen atoms in total. The molecule has 1 aliphatic heterocycles. The topological polar surface area (TPSA) is 58.4 Å². The molecule has 0 unspecified atom stereocenters. The molecular formula is C16H25N3OS. The highest BCUT2D eigenvalue weighted by Gasteiger charge is 2.32. The molecule has 1 aliphatic rings. The first-order valence-corrected chi connectivity index (χ1v) is 8.63. The normalized spacial score (nSPS) is 18.4. The lowest BCUT2D eigenvalue weighted by atomic mass is 9.96. The van der Waals surface area contributed by atoms with E-state index in [1.165, 1.54) is 0 Å². The molecule has 1 aromatic carbocycles. The highest BCUT2D eigenvalue weighted by Crippen LogP contribution is 2.33. The number of rotatable bonds is 5. The molecule has 0 atom stereocenters. The third kappa shape index (κ3) is 4.46. The van der Waals surface area contributed by atoms with Gasteiger partial charge >= 0.3 is 0 Å². The molecule has 0 bridgehead atoms. The van der Waals surface area contributed by atoms with Gasteiger partial charge in [-0.15, -0.1) is 0 Å². The number of nitrogens with one attached hydrogen (secondary N) is 1. The van der Waals surface area contributed by atoms with E-state index in [1.54, 1.807) is 0 Å². The van der Waals surface area contributed by atoms with E-state index in [0.29, 0.717) is 6.54 Å². The molecule has 0 spiro atoms. The molecule has 2 rings (SSSR count). The first-order chi connectivity index (χ1) is 10.1. The average Bonchev–Trinajstić information content (AvgIpc) is 2.48. The zero-order valence-corrected chi connectivity index (χ0v) is 13.7. The lowest BCUT2D eigenvalue weighted by Crippen LogP contribution is -2.48. The zero-order valence-electron chi connectivity index (χ0n) is 12.9. The minimum atomic E-state index is 0.0602. The monoisotopic (exact) mass is 307 g/mol. The van der Waals surface area contributed by atoms with Gasteiger partial charge in [0.25, 0.3) is 0 Å². The molecule has 0 saturated carbocycles. The van der Waals surface area contributed by atoms with E-state index in [9.17, 15) is 4.79 Å². The van der Waals surface area contributed by atoms with E-state index in [-0.39, 0.29) is 10.7 Å². The second-order valence-electron chi connectivity index (χ2n) is 5.79. The number of nitrogens with zero attached hydrogens (tertiary/aromatic N) is 1. The third-order valence-corrected chi connectivity index (χ3v) is 5.68. The van der Waals surface area contributed by atoms with E-state index in [1.807, 2.05) is 43.0 Å². The van der Waals surface area contributed by atoms with Gasteiger partial charge in [-0.05, 0) is 43.7 Å². The van der Waals surface area contributed by atoms with Crippen LogP contribution in [0.2, 0.25) is 0 Å². The second-order valence-corrected chi connectivity index (χ2v) is 7.06. The number of anilines is 1. The van der Waals surface area contributed by atoms with Crippen LogP contribution in [0.25, 0.3) is 0 Å². The number of thioether (sulfide) groups is 1. The van der Waals surface area contributed by atoms with Crippen LogP contribution in [0.1, 0.15) is 18.4 Å². The average molecular weight is 307 g/mol. The summed E-state index contributed by atoms with van der Waals surface area (Å²) in [6.45, 7) is 5.09. The van der Waals surface area contributed by atoms with Gasteiger partial charge < -0.3 is 11.1 Å². The summed E-state index contributed by atoms with van der Waals surface area (Å²) in [6.07, 6.45) is 4.25. The molecular weight excluding hydrogens is 282 g/mol. The van der Waals surface area contributed by atoms with Crippen molar-refractivity contribution in [2.45, 2.75) is 24.5 Å². The number of hydrogen-bond acceptors (Lipinski definition) is 4. The lowest BCUT2D eigenvalue weighted by molar-refractivity contribution is -0.117. The predicted molar refractivity (Wildman–Crippen MR) is 90.8 cm³/mol. The summed E-state index contributed by atoms with van der Waals surface area (Å²) in [4.78, 5) is 14.3. The quantitative estimate of drug-likeness (QED) is 0.874. The number of carbonyl (C=O) groups excluding carboxylic acids is 1. The Hall–Kier alpha value is -1.04. The summed E-state index contributed by atoms with van der Waals surface area (Å²) < 4.78 is 0.212. The maximum Gasteiger partial charge on any atom is 0.238 e. The Morgan fingerprint density at radius 1 is 1.43 bits per heavy atom. The minimum Gasteiger partial charge on any atom is -0.329 e. The van der Waals surface area contributed by atoms with Crippen LogP contribution >= 0.6 is 11.8 Å². The van der Waals surface area contributed by atoms with Crippen LogP contribution in [-0.2, 0) is 4.79 Å². The van der Waals surface area contributed by atoms with Crippen molar-refractivity contribution >= 4 is 23.4 Å². The molecule has 0 radical (unpaired) electrons. The van der Waals surface area contributed by atoms with Crippen molar-refractivity contribution in [2.75, 3.05) is 37.8 Å². The fourth-order valence-electron chi connectivity index (χ4n) is 2.74. The molecule has 1 aromatic rings. The number of piperidine rings is 1. The van der Waals surface area contributed by atoms with Crippen molar-refractivity contribution in [3.8, 4) is 0 Å². The molecule has 1 saturated heterocycles. The van der Waals surface area contributed by atoms with E-state index in [0.717, 1.165) is 43.7 Å². The number of likely N-dealkylation sites (tertiary alicyclic amines) is 1. The summed E-state index contributed by atoms with van der Waals surface area (Å²) in [6, 6.07) is 7.89. The highest BCUT2D eigenvalue weighted by molar-refractivity contribution is 8.00. The van der Waals surface area contributed by atoms with Crippen LogP contribution in [0, 0.1) is 6.92 Å². The summed E-state index contributed by atoms with van der Waals surface area (Å²) in [5.41, 5.74) is 7.92. The Morgan fingerprint density at radius 2 is 2.14 bits per heavy atom. The van der Waals surface area contributed by atoms with Gasteiger partial charge in [0, 0.05) is 30.1 Å². The van der Waals surface area contributed by atoms with Crippen molar-refractivity contribution < 1.29 is 4.79 Å². The van der Waals surface area contributed by atoms with Gasteiger partial charge in [0.1, 0.15) is 0 Å². The molecule has 1 heterocycles. The maximum atomic E-state index is 12.1. The number of amides is 1. The Labute approximate surface area is 131 Å². The Balaban J connectivity index is 1.82. The molecule has 5 heteroatoms. The number of hydrogen-bond donors (Lipinski definition) is 2. The number of nitrogens with two attached hydrogens (primary N) is 1. The Bertz CT molecular complexity index is 478. The van der Waals surface area contributed by atoms with E-state index < -0.39 is 0 Å². The first-order valence-electron chi connectivity index (χ1n) is 7.41. The standard InChI is InChI=1S/C16H25N3OS/c1-13-4-3-5-14(10-13)18-15(20)11-19-8-6-16(12-17,21-2)7-9-19/h3-5,10H,6-9,11-12,17H2,1-2H3,(H,18,20). The van der Waals surface area contributed by atoms with Gasteiger partial charge in [0.05, 0.1) is 6.54 Å².